The molecule has 0 radical (unpaired) electrons. The number of nitrogens with zero attached hydrogens (tertiary/aromatic N) is 3. The maximum absolute atomic E-state index is 13.3. The summed E-state index contributed by atoms with van der Waals surface area (Å²) in [4.78, 5) is 36.7. The summed E-state index contributed by atoms with van der Waals surface area (Å²) in [5, 5.41) is 28.0. The van der Waals surface area contributed by atoms with Crippen LogP contribution in [0.15, 0.2) is 83.7 Å². The van der Waals surface area contributed by atoms with Crippen molar-refractivity contribution in [3.05, 3.63) is 105 Å². The minimum Gasteiger partial charge on any atom is -0.506 e. The van der Waals surface area contributed by atoms with Crippen molar-refractivity contribution in [3.8, 4) is 28.1 Å². The molecule has 9 heteroatoms. The van der Waals surface area contributed by atoms with Gasteiger partial charge in [-0.15, -0.1) is 0 Å². The summed E-state index contributed by atoms with van der Waals surface area (Å²) in [6.45, 7) is 0. The zero-order valence-electron chi connectivity index (χ0n) is 17.4. The van der Waals surface area contributed by atoms with Gasteiger partial charge in [-0.25, -0.2) is 4.68 Å². The fraction of sp³-hybridized carbons (Fsp3) is 0.0417. The van der Waals surface area contributed by atoms with Gasteiger partial charge in [0.15, 0.2) is 0 Å². The molecule has 3 aromatic carbocycles. The number of carbonyl (C=O) groups excluding carboxylic acids is 1. The molecular formula is C24H18N4O5. The monoisotopic (exact) mass is 442 g/mol. The highest BCUT2D eigenvalue weighted by molar-refractivity contribution is 6.10. The number of anilines is 1. The normalized spacial score (nSPS) is 10.6. The number of carbonyl (C=O) groups is 1. The number of aryl methyl sites for hydroxylation is 1. The Morgan fingerprint density at radius 3 is 2.18 bits per heavy atom. The molecule has 0 unspecified atom stereocenters. The van der Waals surface area contributed by atoms with Gasteiger partial charge in [0.25, 0.3) is 17.2 Å². The number of nitro groups is 1. The van der Waals surface area contributed by atoms with Crippen molar-refractivity contribution < 1.29 is 14.8 Å². The largest absolute Gasteiger partial charge is 0.506 e. The molecule has 0 bridgehead atoms. The minimum absolute atomic E-state index is 0.0651. The van der Waals surface area contributed by atoms with Gasteiger partial charge < -0.3 is 10.4 Å². The lowest BCUT2D eigenvalue weighted by Crippen LogP contribution is -2.31. The number of hydrogen-bond acceptors (Lipinski definition) is 6. The first-order valence-corrected chi connectivity index (χ1v) is 9.87. The van der Waals surface area contributed by atoms with E-state index >= 15 is 0 Å². The van der Waals surface area contributed by atoms with Gasteiger partial charge in [0.05, 0.1) is 22.4 Å². The van der Waals surface area contributed by atoms with Crippen molar-refractivity contribution in [2.45, 2.75) is 0 Å². The molecule has 1 amide bonds. The van der Waals surface area contributed by atoms with Gasteiger partial charge in [-0.05, 0) is 11.6 Å². The van der Waals surface area contributed by atoms with E-state index in [1.54, 1.807) is 24.3 Å². The number of rotatable bonds is 5. The van der Waals surface area contributed by atoms with Crippen molar-refractivity contribution in [1.29, 1.82) is 0 Å². The van der Waals surface area contributed by atoms with E-state index < -0.39 is 22.1 Å². The zero-order valence-corrected chi connectivity index (χ0v) is 17.4. The number of benzene rings is 3. The van der Waals surface area contributed by atoms with E-state index in [0.717, 1.165) is 16.8 Å². The van der Waals surface area contributed by atoms with Crippen LogP contribution in [0.3, 0.4) is 0 Å². The van der Waals surface area contributed by atoms with Crippen LogP contribution < -0.4 is 10.9 Å². The predicted octanol–water partition coefficient (Wildman–Crippen LogP) is 3.98. The number of nitrogens with one attached hydrogen (secondary N) is 1. The Balaban J connectivity index is 1.91. The van der Waals surface area contributed by atoms with Crippen LogP contribution in [-0.4, -0.2) is 25.7 Å². The molecule has 164 valence electrons. The Bertz CT molecular complexity index is 1420. The van der Waals surface area contributed by atoms with E-state index in [2.05, 4.69) is 10.4 Å². The quantitative estimate of drug-likeness (QED) is 0.273. The molecule has 0 fully saturated rings. The second kappa shape index (κ2) is 8.75. The van der Waals surface area contributed by atoms with Crippen molar-refractivity contribution in [2.24, 2.45) is 7.05 Å². The summed E-state index contributed by atoms with van der Waals surface area (Å²) in [6.07, 6.45) is 0. The Labute approximate surface area is 187 Å². The van der Waals surface area contributed by atoms with Crippen LogP contribution in [-0.2, 0) is 7.05 Å². The SMILES string of the molecule is Cn1nc(-c2ccccc2)c(-c2ccccc2)c(C(=O)Nc2ccc([N+](=O)[O-])cc2O)c1=O. The number of phenols is 1. The van der Waals surface area contributed by atoms with Crippen molar-refractivity contribution in [1.82, 2.24) is 9.78 Å². The van der Waals surface area contributed by atoms with Crippen LogP contribution in [0.1, 0.15) is 10.4 Å². The Kier molecular flexibility index (Phi) is 5.69. The third-order valence-electron chi connectivity index (χ3n) is 5.02. The van der Waals surface area contributed by atoms with E-state index in [1.807, 2.05) is 36.4 Å². The number of nitro benzene ring substituents is 1. The van der Waals surface area contributed by atoms with Crippen LogP contribution >= 0.6 is 0 Å². The van der Waals surface area contributed by atoms with Gasteiger partial charge in [0.1, 0.15) is 11.3 Å². The van der Waals surface area contributed by atoms with Crippen molar-refractivity contribution in [2.75, 3.05) is 5.32 Å². The molecule has 0 saturated carbocycles. The van der Waals surface area contributed by atoms with Crippen LogP contribution in [0.4, 0.5) is 11.4 Å². The van der Waals surface area contributed by atoms with E-state index in [4.69, 9.17) is 0 Å². The average Bonchev–Trinajstić information content (AvgIpc) is 2.82. The number of aromatic nitrogens is 2. The van der Waals surface area contributed by atoms with Gasteiger partial charge in [-0.1, -0.05) is 60.7 Å². The molecular weight excluding hydrogens is 424 g/mol. The van der Waals surface area contributed by atoms with Crippen LogP contribution in [0, 0.1) is 10.1 Å². The molecule has 1 aromatic heterocycles. The lowest BCUT2D eigenvalue weighted by Gasteiger charge is -2.16. The van der Waals surface area contributed by atoms with E-state index in [-0.39, 0.29) is 16.9 Å². The molecule has 0 spiro atoms. The number of hydrogen-bond donors (Lipinski definition) is 2. The first kappa shape index (κ1) is 21.4. The van der Waals surface area contributed by atoms with Gasteiger partial charge in [-0.3, -0.25) is 19.7 Å². The Hall–Kier alpha value is -4.79. The maximum Gasteiger partial charge on any atom is 0.280 e. The second-order valence-electron chi connectivity index (χ2n) is 7.17. The molecule has 0 aliphatic rings. The third kappa shape index (κ3) is 4.19. The Morgan fingerprint density at radius 2 is 1.61 bits per heavy atom. The molecule has 0 saturated heterocycles. The molecule has 0 aliphatic heterocycles. The van der Waals surface area contributed by atoms with Gasteiger partial charge >= 0.3 is 0 Å². The zero-order chi connectivity index (χ0) is 23.5. The van der Waals surface area contributed by atoms with Gasteiger partial charge in [0, 0.05) is 24.2 Å². The average molecular weight is 442 g/mol. The van der Waals surface area contributed by atoms with Crippen molar-refractivity contribution >= 4 is 17.3 Å². The topological polar surface area (TPSA) is 127 Å². The molecule has 0 aliphatic carbocycles. The predicted molar refractivity (Wildman–Crippen MR) is 123 cm³/mol. The lowest BCUT2D eigenvalue weighted by atomic mass is 9.95. The summed E-state index contributed by atoms with van der Waals surface area (Å²) in [5.41, 5.74) is 0.888. The fourth-order valence-electron chi connectivity index (χ4n) is 3.45. The minimum atomic E-state index is -0.779. The second-order valence-corrected chi connectivity index (χ2v) is 7.17. The highest BCUT2D eigenvalue weighted by atomic mass is 16.6. The first-order chi connectivity index (χ1) is 15.9. The summed E-state index contributed by atoms with van der Waals surface area (Å²) in [6, 6.07) is 21.3. The molecule has 9 nitrogen and oxygen atoms in total. The molecule has 0 atom stereocenters. The lowest BCUT2D eigenvalue weighted by molar-refractivity contribution is -0.384. The fourth-order valence-corrected chi connectivity index (χ4v) is 3.45. The Morgan fingerprint density at radius 1 is 1.00 bits per heavy atom. The van der Waals surface area contributed by atoms with Gasteiger partial charge in [-0.2, -0.15) is 5.10 Å². The highest BCUT2D eigenvalue weighted by Gasteiger charge is 2.25. The molecule has 2 N–H and O–H groups in total. The smallest absolute Gasteiger partial charge is 0.280 e. The van der Waals surface area contributed by atoms with E-state index in [1.165, 1.54) is 13.1 Å². The summed E-state index contributed by atoms with van der Waals surface area (Å²) < 4.78 is 1.08. The van der Waals surface area contributed by atoms with E-state index in [9.17, 15) is 24.8 Å². The molecule has 1 heterocycles. The summed E-state index contributed by atoms with van der Waals surface area (Å²) >= 11 is 0. The number of non-ortho nitro benzene ring substituents is 1. The number of amides is 1. The van der Waals surface area contributed by atoms with E-state index in [0.29, 0.717) is 22.4 Å². The molecule has 4 aromatic rings. The summed E-state index contributed by atoms with van der Waals surface area (Å²) in [7, 11) is 1.45. The van der Waals surface area contributed by atoms with Crippen LogP contribution in [0.5, 0.6) is 5.75 Å². The summed E-state index contributed by atoms with van der Waals surface area (Å²) in [5.74, 6) is -1.27. The van der Waals surface area contributed by atoms with Crippen LogP contribution in [0.25, 0.3) is 22.4 Å². The van der Waals surface area contributed by atoms with Gasteiger partial charge in [0.2, 0.25) is 0 Å². The highest BCUT2D eigenvalue weighted by Crippen LogP contribution is 2.33. The van der Waals surface area contributed by atoms with Crippen molar-refractivity contribution in [3.63, 3.8) is 0 Å². The molecule has 4 rings (SSSR count). The first-order valence-electron chi connectivity index (χ1n) is 9.87. The number of aromatic hydroxyl groups is 1. The van der Waals surface area contributed by atoms with Crippen LogP contribution in [0.2, 0.25) is 0 Å². The maximum atomic E-state index is 13.3. The standard InChI is InChI=1S/C24H18N4O5/c1-27-24(31)21(23(30)25-18-13-12-17(28(32)33)14-19(18)29)20(15-8-4-2-5-9-15)22(26-27)16-10-6-3-7-11-16/h2-14,29H,1H3,(H,25,30). The third-order valence-corrected chi connectivity index (χ3v) is 5.02. The molecule has 33 heavy (non-hydrogen) atoms. The number of phenolic OH excluding ortho intramolecular Hbond substituents is 1.